The second kappa shape index (κ2) is 7.94. The van der Waals surface area contributed by atoms with E-state index in [-0.39, 0.29) is 18.5 Å². The van der Waals surface area contributed by atoms with Crippen molar-refractivity contribution in [1.82, 2.24) is 9.88 Å². The minimum atomic E-state index is -0.474. The summed E-state index contributed by atoms with van der Waals surface area (Å²) in [6.07, 6.45) is 5.64. The Balaban J connectivity index is 2.16. The fraction of sp³-hybridized carbons (Fsp3) is 0.588. The largest absolute Gasteiger partial charge is 0.368 e. The molecule has 1 saturated carbocycles. The molecule has 1 heterocycles. The van der Waals surface area contributed by atoms with Gasteiger partial charge in [0.2, 0.25) is 5.91 Å². The Morgan fingerprint density at radius 1 is 1.22 bits per heavy atom. The van der Waals surface area contributed by atoms with Crippen LogP contribution < -0.4 is 10.6 Å². The zero-order chi connectivity index (χ0) is 16.8. The number of carbonyl (C=O) groups excluding carboxylic acids is 2. The molecule has 126 valence electrons. The van der Waals surface area contributed by atoms with E-state index in [2.05, 4.69) is 23.7 Å². The molecule has 0 radical (unpaired) electrons. The van der Waals surface area contributed by atoms with Crippen LogP contribution in [0.2, 0.25) is 0 Å². The second-order valence-corrected chi connectivity index (χ2v) is 5.92. The molecule has 2 rings (SSSR count). The van der Waals surface area contributed by atoms with Gasteiger partial charge in [0.1, 0.15) is 5.82 Å². The lowest BCUT2D eigenvalue weighted by Gasteiger charge is -2.28. The molecule has 1 aromatic heterocycles. The number of rotatable bonds is 7. The fourth-order valence-electron chi connectivity index (χ4n) is 3.16. The summed E-state index contributed by atoms with van der Waals surface area (Å²) in [5.41, 5.74) is 5.83. The number of hydrogen-bond acceptors (Lipinski definition) is 4. The van der Waals surface area contributed by atoms with Gasteiger partial charge in [-0.25, -0.2) is 4.98 Å². The van der Waals surface area contributed by atoms with Crippen LogP contribution in [0, 0.1) is 0 Å². The number of aromatic nitrogens is 1. The summed E-state index contributed by atoms with van der Waals surface area (Å²) < 4.78 is 0. The van der Waals surface area contributed by atoms with Crippen LogP contribution in [0.4, 0.5) is 5.82 Å². The van der Waals surface area contributed by atoms with Crippen LogP contribution in [0.25, 0.3) is 0 Å². The van der Waals surface area contributed by atoms with Gasteiger partial charge in [-0.15, -0.1) is 0 Å². The Kier molecular flexibility index (Phi) is 5.96. The molecule has 1 aromatic rings. The first kappa shape index (κ1) is 17.2. The summed E-state index contributed by atoms with van der Waals surface area (Å²) in [6, 6.07) is 3.75. The molecule has 0 aliphatic heterocycles. The van der Waals surface area contributed by atoms with Crippen LogP contribution in [-0.2, 0) is 4.79 Å². The molecule has 0 bridgehead atoms. The van der Waals surface area contributed by atoms with Crippen molar-refractivity contribution >= 4 is 17.6 Å². The summed E-state index contributed by atoms with van der Waals surface area (Å²) >= 11 is 0. The molecule has 6 heteroatoms. The van der Waals surface area contributed by atoms with E-state index in [0.717, 1.165) is 44.6 Å². The van der Waals surface area contributed by atoms with E-state index >= 15 is 0 Å². The zero-order valence-electron chi connectivity index (χ0n) is 14.0. The summed E-state index contributed by atoms with van der Waals surface area (Å²) in [4.78, 5) is 32.2. The molecule has 1 fully saturated rings. The maximum absolute atomic E-state index is 12.8. The first-order valence-corrected chi connectivity index (χ1v) is 8.37. The predicted octanol–water partition coefficient (Wildman–Crippen LogP) is 1.80. The molecular weight excluding hydrogens is 292 g/mol. The highest BCUT2D eigenvalue weighted by Crippen LogP contribution is 2.25. The molecular formula is C17H26N4O2. The third-order valence-electron chi connectivity index (χ3n) is 4.43. The summed E-state index contributed by atoms with van der Waals surface area (Å²) in [7, 11) is 0. The van der Waals surface area contributed by atoms with Crippen LogP contribution in [0.3, 0.4) is 0 Å². The van der Waals surface area contributed by atoms with Gasteiger partial charge in [-0.05, 0) is 38.8 Å². The van der Waals surface area contributed by atoms with Crippen molar-refractivity contribution in [2.75, 3.05) is 24.5 Å². The fourth-order valence-corrected chi connectivity index (χ4v) is 3.16. The number of hydrogen-bond donors (Lipinski definition) is 1. The highest BCUT2D eigenvalue weighted by atomic mass is 16.2. The smallest absolute Gasteiger partial charge is 0.256 e. The van der Waals surface area contributed by atoms with Gasteiger partial charge in [-0.1, -0.05) is 12.8 Å². The summed E-state index contributed by atoms with van der Waals surface area (Å²) in [5, 5.41) is 0. The molecule has 2 amide bonds. The molecule has 1 aliphatic carbocycles. The Hall–Kier alpha value is -2.11. The summed E-state index contributed by atoms with van der Waals surface area (Å²) in [5.74, 6) is 0.223. The van der Waals surface area contributed by atoms with E-state index in [9.17, 15) is 9.59 Å². The topological polar surface area (TPSA) is 79.5 Å². The predicted molar refractivity (Wildman–Crippen MR) is 90.3 cm³/mol. The Labute approximate surface area is 137 Å². The normalized spacial score (nSPS) is 14.7. The Morgan fingerprint density at radius 2 is 1.87 bits per heavy atom. The number of anilines is 1. The van der Waals surface area contributed by atoms with Crippen molar-refractivity contribution < 1.29 is 9.59 Å². The highest BCUT2D eigenvalue weighted by molar-refractivity contribution is 5.96. The molecule has 0 spiro atoms. The van der Waals surface area contributed by atoms with E-state index in [1.54, 1.807) is 17.2 Å². The van der Waals surface area contributed by atoms with Crippen LogP contribution in [-0.4, -0.2) is 47.4 Å². The Morgan fingerprint density at radius 3 is 2.35 bits per heavy atom. The van der Waals surface area contributed by atoms with Crippen LogP contribution in [0.1, 0.15) is 49.9 Å². The second-order valence-electron chi connectivity index (χ2n) is 5.92. The zero-order valence-corrected chi connectivity index (χ0v) is 14.0. The van der Waals surface area contributed by atoms with Crippen LogP contribution in [0.5, 0.6) is 0 Å². The number of carbonyl (C=O) groups is 2. The molecule has 6 nitrogen and oxygen atoms in total. The van der Waals surface area contributed by atoms with Crippen molar-refractivity contribution in [3.8, 4) is 0 Å². The number of primary amides is 1. The lowest BCUT2D eigenvalue weighted by molar-refractivity contribution is -0.119. The van der Waals surface area contributed by atoms with Gasteiger partial charge in [0, 0.05) is 25.3 Å². The average Bonchev–Trinajstić information content (AvgIpc) is 3.08. The molecule has 0 atom stereocenters. The van der Waals surface area contributed by atoms with Crippen molar-refractivity contribution in [1.29, 1.82) is 0 Å². The monoisotopic (exact) mass is 318 g/mol. The number of nitrogens with zero attached hydrogens (tertiary/aromatic N) is 3. The van der Waals surface area contributed by atoms with Crippen LogP contribution in [0.15, 0.2) is 18.3 Å². The standard InChI is InChI=1S/C17H26N4O2/c1-3-20(4-2)16-10-9-13(11-19-16)17(23)21(12-15(18)22)14-7-5-6-8-14/h9-11,14H,3-8,12H2,1-2H3,(H2,18,22). The lowest BCUT2D eigenvalue weighted by atomic mass is 10.1. The number of amides is 2. The highest BCUT2D eigenvalue weighted by Gasteiger charge is 2.28. The number of nitrogens with two attached hydrogens (primary N) is 1. The molecule has 23 heavy (non-hydrogen) atoms. The molecule has 0 unspecified atom stereocenters. The number of pyridine rings is 1. The van der Waals surface area contributed by atoms with Gasteiger partial charge in [0.15, 0.2) is 0 Å². The molecule has 0 aromatic carbocycles. The third-order valence-corrected chi connectivity index (χ3v) is 4.43. The van der Waals surface area contributed by atoms with Gasteiger partial charge >= 0.3 is 0 Å². The minimum Gasteiger partial charge on any atom is -0.368 e. The van der Waals surface area contributed by atoms with Gasteiger partial charge in [-0.3, -0.25) is 9.59 Å². The molecule has 2 N–H and O–H groups in total. The lowest BCUT2D eigenvalue weighted by Crippen LogP contribution is -2.44. The van der Waals surface area contributed by atoms with E-state index in [1.807, 2.05) is 6.07 Å². The molecule has 0 saturated heterocycles. The quantitative estimate of drug-likeness (QED) is 0.831. The maximum Gasteiger partial charge on any atom is 0.256 e. The van der Waals surface area contributed by atoms with Crippen molar-refractivity contribution in [2.24, 2.45) is 5.73 Å². The van der Waals surface area contributed by atoms with E-state index in [4.69, 9.17) is 5.73 Å². The van der Waals surface area contributed by atoms with Gasteiger partial charge in [0.25, 0.3) is 5.91 Å². The molecule has 1 aliphatic rings. The van der Waals surface area contributed by atoms with Crippen molar-refractivity contribution in [2.45, 2.75) is 45.6 Å². The Bertz CT molecular complexity index is 534. The van der Waals surface area contributed by atoms with Crippen molar-refractivity contribution in [3.63, 3.8) is 0 Å². The van der Waals surface area contributed by atoms with Gasteiger partial charge in [0.05, 0.1) is 12.1 Å². The van der Waals surface area contributed by atoms with E-state index < -0.39 is 5.91 Å². The summed E-state index contributed by atoms with van der Waals surface area (Å²) in [6.45, 7) is 5.85. The maximum atomic E-state index is 12.8. The SMILES string of the molecule is CCN(CC)c1ccc(C(=O)N(CC(N)=O)C2CCCC2)cn1. The van der Waals surface area contributed by atoms with Gasteiger partial charge < -0.3 is 15.5 Å². The van der Waals surface area contributed by atoms with E-state index in [0.29, 0.717) is 5.56 Å². The van der Waals surface area contributed by atoms with Crippen LogP contribution >= 0.6 is 0 Å². The van der Waals surface area contributed by atoms with E-state index in [1.165, 1.54) is 0 Å². The third kappa shape index (κ3) is 4.21. The van der Waals surface area contributed by atoms with Crippen molar-refractivity contribution in [3.05, 3.63) is 23.9 Å². The van der Waals surface area contributed by atoms with Gasteiger partial charge in [-0.2, -0.15) is 0 Å². The average molecular weight is 318 g/mol. The first-order valence-electron chi connectivity index (χ1n) is 8.37. The minimum absolute atomic E-state index is 0.0265. The first-order chi connectivity index (χ1) is 11.1.